The summed E-state index contributed by atoms with van der Waals surface area (Å²) in [6, 6.07) is 0.912. The van der Waals surface area contributed by atoms with Crippen molar-refractivity contribution in [1.29, 1.82) is 0 Å². The van der Waals surface area contributed by atoms with Crippen molar-refractivity contribution in [1.82, 2.24) is 0 Å². The molecular weight excluding hydrogens is 353 g/mol. The van der Waals surface area contributed by atoms with Crippen LogP contribution in [0.4, 0.5) is 13.2 Å². The highest BCUT2D eigenvalue weighted by atomic mass is 79.9. The SMILES string of the molecule is Cc1c(F)c(OCOCC[Si](C)(C)C)c(F)c(F)c1Br. The van der Waals surface area contributed by atoms with E-state index < -0.39 is 31.3 Å². The normalized spacial score (nSPS) is 11.8. The van der Waals surface area contributed by atoms with E-state index in [1.807, 2.05) is 0 Å². The minimum atomic E-state index is -1.35. The lowest BCUT2D eigenvalue weighted by Crippen LogP contribution is -2.22. The quantitative estimate of drug-likeness (QED) is 0.234. The lowest BCUT2D eigenvalue weighted by atomic mass is 10.2. The molecule has 0 saturated carbocycles. The minimum Gasteiger partial charge on any atom is -0.461 e. The number of ether oxygens (including phenoxy) is 2. The molecule has 0 bridgehead atoms. The Kier molecular flexibility index (Phi) is 6.09. The molecule has 0 unspecified atom stereocenters. The fraction of sp³-hybridized carbons (Fsp3) is 0.538. The molecule has 0 saturated heterocycles. The first-order chi connectivity index (χ1) is 9.15. The largest absolute Gasteiger partial charge is 0.461 e. The summed E-state index contributed by atoms with van der Waals surface area (Å²) in [6.07, 6.45) is 0. The molecule has 0 aromatic heterocycles. The van der Waals surface area contributed by atoms with E-state index in [0.717, 1.165) is 6.04 Å². The summed E-state index contributed by atoms with van der Waals surface area (Å²) in [4.78, 5) is 0. The van der Waals surface area contributed by atoms with E-state index in [0.29, 0.717) is 6.61 Å². The summed E-state index contributed by atoms with van der Waals surface area (Å²) >= 11 is 2.79. The second-order valence-corrected chi connectivity index (χ2v) is 12.1. The number of rotatable bonds is 6. The number of hydrogen-bond acceptors (Lipinski definition) is 2. The fourth-order valence-electron chi connectivity index (χ4n) is 1.39. The van der Waals surface area contributed by atoms with Crippen molar-refractivity contribution in [3.63, 3.8) is 0 Å². The zero-order valence-electron chi connectivity index (χ0n) is 11.9. The number of hydrogen-bond donors (Lipinski definition) is 0. The van der Waals surface area contributed by atoms with E-state index in [1.165, 1.54) is 6.92 Å². The van der Waals surface area contributed by atoms with Crippen molar-refractivity contribution < 1.29 is 22.6 Å². The van der Waals surface area contributed by atoms with Crippen molar-refractivity contribution in [2.45, 2.75) is 32.6 Å². The Labute approximate surface area is 126 Å². The molecule has 0 N–H and O–H groups in total. The summed E-state index contributed by atoms with van der Waals surface area (Å²) < 4.78 is 50.7. The van der Waals surface area contributed by atoms with Crippen molar-refractivity contribution in [2.75, 3.05) is 13.4 Å². The highest BCUT2D eigenvalue weighted by molar-refractivity contribution is 9.10. The summed E-state index contributed by atoms with van der Waals surface area (Å²) in [6.45, 7) is 8.04. The molecule has 0 spiro atoms. The molecule has 0 aliphatic rings. The van der Waals surface area contributed by atoms with Crippen LogP contribution in [0.2, 0.25) is 25.7 Å². The second kappa shape index (κ2) is 6.95. The third-order valence-corrected chi connectivity index (χ3v) is 5.37. The van der Waals surface area contributed by atoms with Crippen LogP contribution < -0.4 is 4.74 Å². The van der Waals surface area contributed by atoms with Crippen LogP contribution in [-0.4, -0.2) is 21.5 Å². The molecule has 20 heavy (non-hydrogen) atoms. The molecule has 1 rings (SSSR count). The molecule has 0 amide bonds. The fourth-order valence-corrected chi connectivity index (χ4v) is 2.49. The minimum absolute atomic E-state index is 0.0407. The van der Waals surface area contributed by atoms with Gasteiger partial charge >= 0.3 is 0 Å². The second-order valence-electron chi connectivity index (χ2n) is 5.69. The van der Waals surface area contributed by atoms with Gasteiger partial charge in [-0.1, -0.05) is 19.6 Å². The predicted molar refractivity (Wildman–Crippen MR) is 78.4 cm³/mol. The summed E-state index contributed by atoms with van der Waals surface area (Å²) in [5.74, 6) is -4.18. The molecule has 0 radical (unpaired) electrons. The van der Waals surface area contributed by atoms with Crippen LogP contribution in [0.25, 0.3) is 0 Å². The van der Waals surface area contributed by atoms with Gasteiger partial charge in [0, 0.05) is 20.2 Å². The van der Waals surface area contributed by atoms with E-state index in [-0.39, 0.29) is 16.8 Å². The van der Waals surface area contributed by atoms with E-state index in [1.54, 1.807) is 0 Å². The van der Waals surface area contributed by atoms with Crippen LogP contribution in [0.15, 0.2) is 4.47 Å². The zero-order chi connectivity index (χ0) is 15.5. The molecule has 0 atom stereocenters. The summed E-state index contributed by atoms with van der Waals surface area (Å²) in [5, 5.41) is 0. The van der Waals surface area contributed by atoms with Crippen LogP contribution in [-0.2, 0) is 4.74 Å². The van der Waals surface area contributed by atoms with E-state index in [9.17, 15) is 13.2 Å². The van der Waals surface area contributed by atoms with E-state index >= 15 is 0 Å². The molecule has 1 aromatic carbocycles. The van der Waals surface area contributed by atoms with Gasteiger partial charge in [-0.05, 0) is 28.9 Å². The van der Waals surface area contributed by atoms with E-state index in [2.05, 4.69) is 35.6 Å². The molecule has 0 aliphatic carbocycles. The Hall–Kier alpha value is -0.533. The van der Waals surface area contributed by atoms with Crippen molar-refractivity contribution in [3.8, 4) is 5.75 Å². The van der Waals surface area contributed by atoms with E-state index in [4.69, 9.17) is 9.47 Å². The first-order valence-electron chi connectivity index (χ1n) is 6.18. The maximum absolute atomic E-state index is 13.8. The lowest BCUT2D eigenvalue weighted by Gasteiger charge is -2.16. The Bertz CT molecular complexity index is 460. The highest BCUT2D eigenvalue weighted by Crippen LogP contribution is 2.33. The van der Waals surface area contributed by atoms with Crippen molar-refractivity contribution in [3.05, 3.63) is 27.5 Å². The van der Waals surface area contributed by atoms with Gasteiger partial charge < -0.3 is 9.47 Å². The van der Waals surface area contributed by atoms with Gasteiger partial charge in [0.05, 0.1) is 4.47 Å². The molecule has 0 heterocycles. The van der Waals surface area contributed by atoms with Gasteiger partial charge in [-0.2, -0.15) is 4.39 Å². The number of benzene rings is 1. The Morgan fingerprint density at radius 2 is 1.65 bits per heavy atom. The lowest BCUT2D eigenvalue weighted by molar-refractivity contribution is 0.0168. The van der Waals surface area contributed by atoms with Crippen LogP contribution in [0.1, 0.15) is 5.56 Å². The maximum atomic E-state index is 13.8. The van der Waals surface area contributed by atoms with Gasteiger partial charge in [-0.25, -0.2) is 8.78 Å². The van der Waals surface area contributed by atoms with Gasteiger partial charge in [0.2, 0.25) is 5.82 Å². The van der Waals surface area contributed by atoms with Crippen LogP contribution in [0.3, 0.4) is 0 Å². The van der Waals surface area contributed by atoms with Gasteiger partial charge in [0.25, 0.3) is 0 Å². The highest BCUT2D eigenvalue weighted by Gasteiger charge is 2.23. The Balaban J connectivity index is 2.66. The van der Waals surface area contributed by atoms with Gasteiger partial charge in [0.15, 0.2) is 24.2 Å². The van der Waals surface area contributed by atoms with Crippen molar-refractivity contribution >= 4 is 24.0 Å². The molecule has 2 nitrogen and oxygen atoms in total. The average Bonchev–Trinajstić information content (AvgIpc) is 2.36. The van der Waals surface area contributed by atoms with Crippen LogP contribution >= 0.6 is 15.9 Å². The Morgan fingerprint density at radius 3 is 2.20 bits per heavy atom. The molecule has 1 aromatic rings. The van der Waals surface area contributed by atoms with Gasteiger partial charge in [-0.15, -0.1) is 0 Å². The summed E-state index contributed by atoms with van der Waals surface area (Å²) in [5.41, 5.74) is -0.0407. The molecule has 114 valence electrons. The van der Waals surface area contributed by atoms with Gasteiger partial charge in [0.1, 0.15) is 0 Å². The third kappa shape index (κ3) is 4.49. The third-order valence-electron chi connectivity index (χ3n) is 2.73. The zero-order valence-corrected chi connectivity index (χ0v) is 14.5. The Morgan fingerprint density at radius 1 is 1.05 bits per heavy atom. The van der Waals surface area contributed by atoms with Crippen molar-refractivity contribution in [2.24, 2.45) is 0 Å². The maximum Gasteiger partial charge on any atom is 0.205 e. The first kappa shape index (κ1) is 17.5. The smallest absolute Gasteiger partial charge is 0.205 e. The monoisotopic (exact) mass is 370 g/mol. The average molecular weight is 371 g/mol. The van der Waals surface area contributed by atoms with Crippen LogP contribution in [0, 0.1) is 24.4 Å². The first-order valence-corrected chi connectivity index (χ1v) is 10.7. The molecule has 0 fully saturated rings. The standard InChI is InChI=1S/C13H18BrF3O2Si/c1-8-9(14)11(16)12(17)13(10(8)15)19-7-18-5-6-20(2,3)4/h5-7H2,1-4H3. The van der Waals surface area contributed by atoms with Crippen LogP contribution in [0.5, 0.6) is 5.75 Å². The molecular formula is C13H18BrF3O2Si. The molecule has 7 heteroatoms. The summed E-state index contributed by atoms with van der Waals surface area (Å²) in [7, 11) is -1.23. The van der Waals surface area contributed by atoms with Gasteiger partial charge in [-0.3, -0.25) is 0 Å². The molecule has 0 aliphatic heterocycles. The predicted octanol–water partition coefficient (Wildman–Crippen LogP) is 4.87. The number of halogens is 4. The topological polar surface area (TPSA) is 18.5 Å².